The summed E-state index contributed by atoms with van der Waals surface area (Å²) in [7, 11) is -2.31. The van der Waals surface area contributed by atoms with Gasteiger partial charge in [0.1, 0.15) is 29.5 Å². The standard InChI is InChI=1S/C35H48N6O8S/c1-8-22-19-35(22,32(44)39-50(46,47)25-12-13-25)38-29(42)27-18-24(49-30-26-14-11-23(48-7)17-21(26)15-16-36-30)20-41(27)31(43)28(34(4,5)6)37-33(45)40(9-2)10-3/h8,11,14-17,22,24-25,27-28H,1,9-10,12-13,18-20H2,2-7H3,(H,37,45)(H,38,42)(H,39,44)/t22-,24-,27+,28-,35-/m1/s1. The lowest BCUT2D eigenvalue weighted by Crippen LogP contribution is -2.61. The van der Waals surface area contributed by atoms with Gasteiger partial charge in [0.15, 0.2) is 0 Å². The van der Waals surface area contributed by atoms with Crippen molar-refractivity contribution in [1.82, 2.24) is 30.1 Å². The van der Waals surface area contributed by atoms with Crippen LogP contribution in [-0.2, 0) is 24.4 Å². The zero-order valence-electron chi connectivity index (χ0n) is 29.5. The minimum absolute atomic E-state index is 0.0149. The second kappa shape index (κ2) is 14.1. The fourth-order valence-corrected chi connectivity index (χ4v) is 7.81. The number of benzene rings is 1. The molecule has 2 aromatic rings. The first-order valence-electron chi connectivity index (χ1n) is 17.0. The molecule has 3 N–H and O–H groups in total. The highest BCUT2D eigenvalue weighted by atomic mass is 32.2. The summed E-state index contributed by atoms with van der Waals surface area (Å²) in [5.74, 6) is -1.52. The summed E-state index contributed by atoms with van der Waals surface area (Å²) in [6.07, 6.45) is 3.54. The van der Waals surface area contributed by atoms with Gasteiger partial charge in [-0.25, -0.2) is 18.2 Å². The zero-order valence-corrected chi connectivity index (χ0v) is 30.3. The highest BCUT2D eigenvalue weighted by molar-refractivity contribution is 7.91. The SMILES string of the molecule is C=C[C@@H]1C[C@]1(NC(=O)[C@@H]1C[C@@H](Oc2nccc3cc(OC)ccc23)CN1C(=O)[C@@H](NC(=O)N(CC)CC)C(C)(C)C)C(=O)NS(=O)(=O)C1CC1. The number of aromatic nitrogens is 1. The van der Waals surface area contributed by atoms with E-state index in [-0.39, 0.29) is 19.4 Å². The molecule has 2 aliphatic carbocycles. The third-order valence-corrected chi connectivity index (χ3v) is 11.6. The number of methoxy groups -OCH3 is 1. The molecule has 1 aromatic carbocycles. The van der Waals surface area contributed by atoms with Crippen LogP contribution in [0, 0.1) is 11.3 Å². The van der Waals surface area contributed by atoms with Crippen molar-refractivity contribution < 1.29 is 37.1 Å². The lowest BCUT2D eigenvalue weighted by molar-refractivity contribution is -0.142. The van der Waals surface area contributed by atoms with Gasteiger partial charge in [-0.2, -0.15) is 0 Å². The summed E-state index contributed by atoms with van der Waals surface area (Å²) >= 11 is 0. The number of ether oxygens (including phenoxy) is 2. The summed E-state index contributed by atoms with van der Waals surface area (Å²) in [6, 6.07) is 4.71. The molecule has 1 saturated heterocycles. The number of pyridine rings is 1. The molecule has 5 rings (SSSR count). The van der Waals surface area contributed by atoms with Crippen molar-refractivity contribution >= 4 is 44.5 Å². The molecule has 5 atom stereocenters. The Labute approximate surface area is 293 Å². The largest absolute Gasteiger partial charge is 0.497 e. The van der Waals surface area contributed by atoms with Crippen molar-refractivity contribution in [3.63, 3.8) is 0 Å². The van der Waals surface area contributed by atoms with Crippen LogP contribution in [0.5, 0.6) is 11.6 Å². The minimum atomic E-state index is -3.89. The molecule has 0 radical (unpaired) electrons. The van der Waals surface area contributed by atoms with Crippen molar-refractivity contribution in [3.05, 3.63) is 43.1 Å². The Morgan fingerprint density at radius 1 is 1.16 bits per heavy atom. The molecule has 1 aromatic heterocycles. The Morgan fingerprint density at radius 2 is 1.86 bits per heavy atom. The molecule has 3 fully saturated rings. The molecule has 14 nitrogen and oxygen atoms in total. The molecular formula is C35H48N6O8S. The lowest BCUT2D eigenvalue weighted by Gasteiger charge is -2.36. The minimum Gasteiger partial charge on any atom is -0.497 e. The number of hydrogen-bond donors (Lipinski definition) is 3. The zero-order chi connectivity index (χ0) is 36.6. The number of urea groups is 1. The smallest absolute Gasteiger partial charge is 0.318 e. The summed E-state index contributed by atoms with van der Waals surface area (Å²) in [4.78, 5) is 62.7. The first kappa shape index (κ1) is 36.9. The number of nitrogens with one attached hydrogen (secondary N) is 3. The van der Waals surface area contributed by atoms with Gasteiger partial charge in [-0.15, -0.1) is 6.58 Å². The number of sulfonamides is 1. The van der Waals surface area contributed by atoms with Crippen LogP contribution in [0.2, 0.25) is 0 Å². The maximum absolute atomic E-state index is 14.5. The van der Waals surface area contributed by atoms with E-state index in [0.717, 1.165) is 5.39 Å². The van der Waals surface area contributed by atoms with Crippen LogP contribution < -0.4 is 24.8 Å². The molecule has 15 heteroatoms. The van der Waals surface area contributed by atoms with Gasteiger partial charge >= 0.3 is 6.03 Å². The van der Waals surface area contributed by atoms with Crippen LogP contribution >= 0.6 is 0 Å². The van der Waals surface area contributed by atoms with Crippen molar-refractivity contribution in [3.8, 4) is 11.6 Å². The maximum Gasteiger partial charge on any atom is 0.318 e. The van der Waals surface area contributed by atoms with Crippen LogP contribution in [0.4, 0.5) is 4.79 Å². The summed E-state index contributed by atoms with van der Waals surface area (Å²) < 4.78 is 39.2. The topological polar surface area (TPSA) is 176 Å². The van der Waals surface area contributed by atoms with Gasteiger partial charge in [0, 0.05) is 37.0 Å². The lowest BCUT2D eigenvalue weighted by atomic mass is 9.85. The third-order valence-electron chi connectivity index (χ3n) is 9.74. The molecular weight excluding hydrogens is 664 g/mol. The van der Waals surface area contributed by atoms with Gasteiger partial charge in [0.2, 0.25) is 27.7 Å². The number of nitrogens with zero attached hydrogens (tertiary/aromatic N) is 3. The number of fused-ring (bicyclic) bond motifs is 1. The Morgan fingerprint density at radius 3 is 2.44 bits per heavy atom. The van der Waals surface area contributed by atoms with Gasteiger partial charge < -0.3 is 29.9 Å². The summed E-state index contributed by atoms with van der Waals surface area (Å²) in [6.45, 7) is 13.8. The Hall–Kier alpha value is -4.40. The van der Waals surface area contributed by atoms with E-state index in [4.69, 9.17) is 9.47 Å². The van der Waals surface area contributed by atoms with E-state index in [0.29, 0.717) is 42.9 Å². The molecule has 2 heterocycles. The molecule has 50 heavy (non-hydrogen) atoms. The van der Waals surface area contributed by atoms with Crippen LogP contribution in [-0.4, -0.2) is 103 Å². The predicted octanol–water partition coefficient (Wildman–Crippen LogP) is 2.73. The van der Waals surface area contributed by atoms with Crippen molar-refractivity contribution in [2.45, 2.75) is 89.3 Å². The predicted molar refractivity (Wildman–Crippen MR) is 187 cm³/mol. The van der Waals surface area contributed by atoms with Crippen molar-refractivity contribution in [1.29, 1.82) is 0 Å². The first-order chi connectivity index (χ1) is 23.6. The highest BCUT2D eigenvalue weighted by Crippen LogP contribution is 2.45. The van der Waals surface area contributed by atoms with E-state index in [9.17, 15) is 27.6 Å². The fourth-order valence-electron chi connectivity index (χ4n) is 6.44. The van der Waals surface area contributed by atoms with Crippen LogP contribution in [0.3, 0.4) is 0 Å². The Balaban J connectivity index is 1.45. The Bertz CT molecular complexity index is 1770. The van der Waals surface area contributed by atoms with E-state index in [1.165, 1.54) is 11.0 Å². The van der Waals surface area contributed by atoms with Gasteiger partial charge in [-0.1, -0.05) is 26.8 Å². The molecule has 272 valence electrons. The second-order valence-corrected chi connectivity index (χ2v) is 16.2. The average Bonchev–Trinajstić information content (AvgIpc) is 4.00. The number of rotatable bonds is 13. The highest BCUT2D eigenvalue weighted by Gasteiger charge is 2.62. The van der Waals surface area contributed by atoms with E-state index in [1.54, 1.807) is 24.3 Å². The van der Waals surface area contributed by atoms with Crippen LogP contribution in [0.25, 0.3) is 10.8 Å². The van der Waals surface area contributed by atoms with Gasteiger partial charge in [-0.3, -0.25) is 19.1 Å². The molecule has 2 saturated carbocycles. The van der Waals surface area contributed by atoms with Crippen molar-refractivity contribution in [2.75, 3.05) is 26.7 Å². The quantitative estimate of drug-likeness (QED) is 0.264. The molecule has 5 amide bonds. The third kappa shape index (κ3) is 7.52. The van der Waals surface area contributed by atoms with Gasteiger partial charge in [0.05, 0.1) is 18.9 Å². The molecule has 1 aliphatic heterocycles. The van der Waals surface area contributed by atoms with E-state index >= 15 is 0 Å². The number of carbonyl (C=O) groups is 4. The van der Waals surface area contributed by atoms with Gasteiger partial charge in [0.25, 0.3) is 5.91 Å². The van der Waals surface area contributed by atoms with Crippen molar-refractivity contribution in [2.24, 2.45) is 11.3 Å². The Kier molecular flexibility index (Phi) is 10.4. The van der Waals surface area contributed by atoms with E-state index < -0.39 is 74.1 Å². The fraction of sp³-hybridized carbons (Fsp3) is 0.571. The van der Waals surface area contributed by atoms with Crippen LogP contribution in [0.15, 0.2) is 43.1 Å². The first-order valence-corrected chi connectivity index (χ1v) is 18.6. The normalized spacial score (nSPS) is 23.8. The molecule has 0 spiro atoms. The number of amides is 5. The molecule has 0 bridgehead atoms. The average molecular weight is 713 g/mol. The number of likely N-dealkylation sites (tertiary alicyclic amines) is 1. The molecule has 3 aliphatic rings. The maximum atomic E-state index is 14.5. The van der Waals surface area contributed by atoms with E-state index in [2.05, 4.69) is 26.9 Å². The number of hydrogen-bond acceptors (Lipinski definition) is 9. The summed E-state index contributed by atoms with van der Waals surface area (Å²) in [5.41, 5.74) is -2.29. The second-order valence-electron chi connectivity index (χ2n) is 14.3. The summed E-state index contributed by atoms with van der Waals surface area (Å²) in [5, 5.41) is 6.58. The van der Waals surface area contributed by atoms with E-state index in [1.807, 2.05) is 52.8 Å². The molecule has 0 unspecified atom stereocenters. The number of carbonyl (C=O) groups excluding carboxylic acids is 4. The van der Waals surface area contributed by atoms with Gasteiger partial charge in [-0.05, 0) is 68.2 Å². The monoisotopic (exact) mass is 712 g/mol. The van der Waals surface area contributed by atoms with Crippen LogP contribution in [0.1, 0.15) is 60.3 Å².